The van der Waals surface area contributed by atoms with Crippen molar-refractivity contribution >= 4 is 17.4 Å². The summed E-state index contributed by atoms with van der Waals surface area (Å²) in [5.41, 5.74) is 0.745. The molecule has 124 valence electrons. The van der Waals surface area contributed by atoms with Crippen LogP contribution in [0, 0.1) is 5.92 Å². The fourth-order valence-corrected chi connectivity index (χ4v) is 2.99. The number of carbonyl (C=O) groups is 1. The van der Waals surface area contributed by atoms with Crippen LogP contribution in [0.15, 0.2) is 18.5 Å². The second kappa shape index (κ2) is 7.39. The molecule has 0 radical (unpaired) electrons. The topological polar surface area (TPSA) is 75.4 Å². The van der Waals surface area contributed by atoms with Crippen molar-refractivity contribution in [1.82, 2.24) is 25.1 Å². The Morgan fingerprint density at radius 2 is 2.13 bits per heavy atom. The normalized spacial score (nSPS) is 16.0. The van der Waals surface area contributed by atoms with Gasteiger partial charge in [0, 0.05) is 25.6 Å². The third-order valence-corrected chi connectivity index (χ3v) is 4.42. The number of nitrogens with zero attached hydrogens (tertiary/aromatic N) is 5. The van der Waals surface area contributed by atoms with Gasteiger partial charge in [0.05, 0.1) is 0 Å². The van der Waals surface area contributed by atoms with E-state index in [2.05, 4.69) is 32.4 Å². The van der Waals surface area contributed by atoms with Crippen molar-refractivity contribution in [2.75, 3.05) is 24.5 Å². The zero-order chi connectivity index (χ0) is 16.1. The van der Waals surface area contributed by atoms with Crippen LogP contribution in [0.5, 0.6) is 0 Å². The highest BCUT2D eigenvalue weighted by molar-refractivity contribution is 5.78. The average molecular weight is 316 g/mol. The number of amides is 1. The van der Waals surface area contributed by atoms with E-state index in [0.717, 1.165) is 50.4 Å². The summed E-state index contributed by atoms with van der Waals surface area (Å²) < 4.78 is 1.68. The lowest BCUT2D eigenvalue weighted by atomic mass is 9.96. The van der Waals surface area contributed by atoms with E-state index >= 15 is 0 Å². The van der Waals surface area contributed by atoms with Gasteiger partial charge in [-0.25, -0.2) is 0 Å². The molecule has 1 amide bonds. The van der Waals surface area contributed by atoms with E-state index in [0.29, 0.717) is 0 Å². The molecular formula is C16H24N6O. The van der Waals surface area contributed by atoms with E-state index in [4.69, 9.17) is 0 Å². The molecule has 0 aliphatic carbocycles. The first kappa shape index (κ1) is 15.7. The smallest absolute Gasteiger partial charge is 0.223 e. The van der Waals surface area contributed by atoms with Gasteiger partial charge in [0.1, 0.15) is 12.1 Å². The highest BCUT2D eigenvalue weighted by atomic mass is 16.1. The van der Waals surface area contributed by atoms with Crippen molar-refractivity contribution in [3.8, 4) is 0 Å². The number of hydrogen-bond donors (Lipinski definition) is 1. The van der Waals surface area contributed by atoms with E-state index in [1.165, 1.54) is 12.8 Å². The van der Waals surface area contributed by atoms with Crippen LogP contribution < -0.4 is 10.2 Å². The molecule has 0 atom stereocenters. The number of unbranched alkanes of at least 4 members (excludes halogenated alkanes) is 2. The lowest BCUT2D eigenvalue weighted by Crippen LogP contribution is -2.41. The molecule has 1 aliphatic rings. The van der Waals surface area contributed by atoms with Crippen LogP contribution >= 0.6 is 0 Å². The fourth-order valence-electron chi connectivity index (χ4n) is 2.99. The van der Waals surface area contributed by atoms with Crippen LogP contribution in [-0.2, 0) is 4.79 Å². The minimum absolute atomic E-state index is 0.131. The summed E-state index contributed by atoms with van der Waals surface area (Å²) in [6.07, 6.45) is 6.79. The lowest BCUT2D eigenvalue weighted by Gasteiger charge is -2.32. The Bertz CT molecular complexity index is 647. The summed E-state index contributed by atoms with van der Waals surface area (Å²) in [7, 11) is 0. The van der Waals surface area contributed by atoms with Gasteiger partial charge in [-0.05, 0) is 31.4 Å². The van der Waals surface area contributed by atoms with Crippen LogP contribution in [0.25, 0.3) is 5.65 Å². The molecule has 1 fully saturated rings. The molecular weight excluding hydrogens is 292 g/mol. The van der Waals surface area contributed by atoms with Gasteiger partial charge in [-0.2, -0.15) is 4.52 Å². The molecule has 0 saturated carbocycles. The first-order valence-corrected chi connectivity index (χ1v) is 8.47. The number of anilines is 1. The van der Waals surface area contributed by atoms with E-state index in [1.54, 1.807) is 10.8 Å². The molecule has 0 spiro atoms. The average Bonchev–Trinajstić information content (AvgIpc) is 3.06. The van der Waals surface area contributed by atoms with Crippen LogP contribution in [-0.4, -0.2) is 45.4 Å². The lowest BCUT2D eigenvalue weighted by molar-refractivity contribution is -0.125. The third-order valence-electron chi connectivity index (χ3n) is 4.42. The number of carbonyl (C=O) groups excluding carboxylic acids is 1. The molecule has 0 unspecified atom stereocenters. The Morgan fingerprint density at radius 1 is 1.30 bits per heavy atom. The molecule has 7 heteroatoms. The third kappa shape index (κ3) is 3.78. The largest absolute Gasteiger partial charge is 0.356 e. The maximum Gasteiger partial charge on any atom is 0.223 e. The number of fused-ring (bicyclic) bond motifs is 1. The minimum atomic E-state index is 0.131. The second-order valence-corrected chi connectivity index (χ2v) is 6.08. The standard InChI is InChI=1S/C16H24N6O/c1-2-3-4-9-17-16(23)13-7-10-21(11-8-13)15-6-5-14-19-18-12-22(14)20-15/h5-6,12-13H,2-4,7-11H2,1H3,(H,17,23). The summed E-state index contributed by atoms with van der Waals surface area (Å²) in [5.74, 6) is 1.26. The summed E-state index contributed by atoms with van der Waals surface area (Å²) in [6, 6.07) is 3.89. The van der Waals surface area contributed by atoms with Gasteiger partial charge in [0.2, 0.25) is 5.91 Å². The molecule has 1 saturated heterocycles. The molecule has 2 aromatic rings. The van der Waals surface area contributed by atoms with Gasteiger partial charge < -0.3 is 10.2 Å². The van der Waals surface area contributed by atoms with Crippen molar-refractivity contribution in [3.63, 3.8) is 0 Å². The first-order valence-electron chi connectivity index (χ1n) is 8.47. The Balaban J connectivity index is 1.50. The maximum absolute atomic E-state index is 12.2. The predicted molar refractivity (Wildman–Crippen MR) is 88.3 cm³/mol. The van der Waals surface area contributed by atoms with Crippen LogP contribution in [0.3, 0.4) is 0 Å². The number of rotatable bonds is 6. The predicted octanol–water partition coefficient (Wildman–Crippen LogP) is 1.65. The summed E-state index contributed by atoms with van der Waals surface area (Å²) >= 11 is 0. The number of hydrogen-bond acceptors (Lipinski definition) is 5. The SMILES string of the molecule is CCCCCNC(=O)C1CCN(c2ccc3nncn3n2)CC1. The van der Waals surface area contributed by atoms with Crippen molar-refractivity contribution < 1.29 is 4.79 Å². The van der Waals surface area contributed by atoms with Crippen molar-refractivity contribution in [1.29, 1.82) is 0 Å². The number of nitrogens with one attached hydrogen (secondary N) is 1. The highest BCUT2D eigenvalue weighted by Gasteiger charge is 2.25. The molecule has 7 nitrogen and oxygen atoms in total. The zero-order valence-electron chi connectivity index (χ0n) is 13.6. The molecule has 1 N–H and O–H groups in total. The van der Waals surface area contributed by atoms with Crippen LogP contribution in [0.2, 0.25) is 0 Å². The van der Waals surface area contributed by atoms with Gasteiger partial charge in [-0.15, -0.1) is 15.3 Å². The van der Waals surface area contributed by atoms with E-state index < -0.39 is 0 Å². The molecule has 3 rings (SSSR count). The monoisotopic (exact) mass is 316 g/mol. The molecule has 23 heavy (non-hydrogen) atoms. The second-order valence-electron chi connectivity index (χ2n) is 6.08. The van der Waals surface area contributed by atoms with Gasteiger partial charge >= 0.3 is 0 Å². The highest BCUT2D eigenvalue weighted by Crippen LogP contribution is 2.22. The molecule has 0 bridgehead atoms. The Kier molecular flexibility index (Phi) is 5.05. The van der Waals surface area contributed by atoms with Gasteiger partial charge in [0.25, 0.3) is 0 Å². The van der Waals surface area contributed by atoms with Crippen molar-refractivity contribution in [3.05, 3.63) is 18.5 Å². The maximum atomic E-state index is 12.2. The van der Waals surface area contributed by atoms with Crippen molar-refractivity contribution in [2.45, 2.75) is 39.0 Å². The minimum Gasteiger partial charge on any atom is -0.356 e. The first-order chi connectivity index (χ1) is 11.3. The van der Waals surface area contributed by atoms with Gasteiger partial charge in [-0.3, -0.25) is 4.79 Å². The van der Waals surface area contributed by atoms with E-state index in [9.17, 15) is 4.79 Å². The number of aromatic nitrogens is 4. The number of piperidine rings is 1. The van der Waals surface area contributed by atoms with Crippen LogP contribution in [0.1, 0.15) is 39.0 Å². The van der Waals surface area contributed by atoms with E-state index in [-0.39, 0.29) is 11.8 Å². The fraction of sp³-hybridized carbons (Fsp3) is 0.625. The Hall–Kier alpha value is -2.18. The Morgan fingerprint density at radius 3 is 2.91 bits per heavy atom. The molecule has 2 aromatic heterocycles. The van der Waals surface area contributed by atoms with Crippen LogP contribution in [0.4, 0.5) is 5.82 Å². The molecule has 1 aliphatic heterocycles. The summed E-state index contributed by atoms with van der Waals surface area (Å²) in [6.45, 7) is 4.68. The molecule has 0 aromatic carbocycles. The van der Waals surface area contributed by atoms with Crippen molar-refractivity contribution in [2.24, 2.45) is 5.92 Å². The van der Waals surface area contributed by atoms with Gasteiger partial charge in [0.15, 0.2) is 5.65 Å². The Labute approximate surface area is 136 Å². The van der Waals surface area contributed by atoms with E-state index in [1.807, 2.05) is 12.1 Å². The van der Waals surface area contributed by atoms with Gasteiger partial charge in [-0.1, -0.05) is 19.8 Å². The zero-order valence-corrected chi connectivity index (χ0v) is 13.6. The quantitative estimate of drug-likeness (QED) is 0.820. The summed E-state index contributed by atoms with van der Waals surface area (Å²) in [4.78, 5) is 14.4. The molecule has 3 heterocycles. The summed E-state index contributed by atoms with van der Waals surface area (Å²) in [5, 5.41) is 15.4.